The second-order valence-corrected chi connectivity index (χ2v) is 5.71. The molecular formula is C16H23ClN2O2. The highest BCUT2D eigenvalue weighted by Crippen LogP contribution is 2.27. The number of ether oxygens (including phenoxy) is 2. The minimum Gasteiger partial charge on any atom is -0.497 e. The van der Waals surface area contributed by atoms with Crippen LogP contribution in [0.3, 0.4) is 0 Å². The van der Waals surface area contributed by atoms with Gasteiger partial charge in [0.05, 0.1) is 23.5 Å². The SMILES string of the molecule is CCCOCCCn1c(C(C)Cl)nc2ccc(OC)cc21. The highest BCUT2D eigenvalue weighted by atomic mass is 35.5. The number of aromatic nitrogens is 2. The van der Waals surface area contributed by atoms with Gasteiger partial charge in [-0.05, 0) is 31.9 Å². The third kappa shape index (κ3) is 3.89. The fraction of sp³-hybridized carbons (Fsp3) is 0.562. The summed E-state index contributed by atoms with van der Waals surface area (Å²) in [5, 5.41) is -0.125. The van der Waals surface area contributed by atoms with Gasteiger partial charge in [0.2, 0.25) is 0 Å². The lowest BCUT2D eigenvalue weighted by Gasteiger charge is -2.11. The maximum Gasteiger partial charge on any atom is 0.127 e. The highest BCUT2D eigenvalue weighted by molar-refractivity contribution is 6.20. The zero-order valence-electron chi connectivity index (χ0n) is 12.9. The number of nitrogens with zero attached hydrogens (tertiary/aromatic N) is 2. The van der Waals surface area contributed by atoms with Gasteiger partial charge in [0.15, 0.2) is 0 Å². The van der Waals surface area contributed by atoms with Crippen LogP contribution in [-0.2, 0) is 11.3 Å². The van der Waals surface area contributed by atoms with Gasteiger partial charge in [-0.3, -0.25) is 0 Å². The number of alkyl halides is 1. The highest BCUT2D eigenvalue weighted by Gasteiger charge is 2.15. The van der Waals surface area contributed by atoms with Gasteiger partial charge >= 0.3 is 0 Å². The van der Waals surface area contributed by atoms with Crippen molar-refractivity contribution in [3.63, 3.8) is 0 Å². The van der Waals surface area contributed by atoms with Gasteiger partial charge in [-0.25, -0.2) is 4.98 Å². The molecule has 0 spiro atoms. The first-order chi connectivity index (χ1) is 10.2. The Morgan fingerprint density at radius 3 is 2.81 bits per heavy atom. The molecule has 1 atom stereocenters. The van der Waals surface area contributed by atoms with E-state index < -0.39 is 0 Å². The second-order valence-electron chi connectivity index (χ2n) is 5.06. The molecule has 1 heterocycles. The Hall–Kier alpha value is -1.26. The number of fused-ring (bicyclic) bond motifs is 1. The van der Waals surface area contributed by atoms with Crippen LogP contribution in [0.2, 0.25) is 0 Å². The first kappa shape index (κ1) is 16.1. The van der Waals surface area contributed by atoms with E-state index in [9.17, 15) is 0 Å². The van der Waals surface area contributed by atoms with Crippen molar-refractivity contribution in [3.8, 4) is 5.75 Å². The first-order valence-electron chi connectivity index (χ1n) is 7.43. The molecule has 0 saturated carbocycles. The molecule has 0 N–H and O–H groups in total. The Morgan fingerprint density at radius 2 is 2.14 bits per heavy atom. The molecule has 0 radical (unpaired) electrons. The van der Waals surface area contributed by atoms with Crippen molar-refractivity contribution < 1.29 is 9.47 Å². The average molecular weight is 311 g/mol. The molecule has 4 nitrogen and oxygen atoms in total. The molecule has 0 aliphatic heterocycles. The van der Waals surface area contributed by atoms with Crippen LogP contribution in [0.15, 0.2) is 18.2 Å². The van der Waals surface area contributed by atoms with Crippen LogP contribution in [0, 0.1) is 0 Å². The molecule has 0 aliphatic rings. The Bertz CT molecular complexity index is 581. The third-order valence-corrected chi connectivity index (χ3v) is 3.55. The number of benzene rings is 1. The summed E-state index contributed by atoms with van der Waals surface area (Å²) >= 11 is 6.27. The quantitative estimate of drug-likeness (QED) is 0.542. The van der Waals surface area contributed by atoms with Gasteiger partial charge < -0.3 is 14.0 Å². The van der Waals surface area contributed by atoms with Crippen LogP contribution in [-0.4, -0.2) is 29.9 Å². The summed E-state index contributed by atoms with van der Waals surface area (Å²) in [5.41, 5.74) is 2.01. The second kappa shape index (κ2) is 7.66. The smallest absolute Gasteiger partial charge is 0.127 e. The van der Waals surface area contributed by atoms with Gasteiger partial charge in [0.1, 0.15) is 11.6 Å². The van der Waals surface area contributed by atoms with Crippen LogP contribution in [0.1, 0.15) is 37.9 Å². The van der Waals surface area contributed by atoms with E-state index in [1.54, 1.807) is 7.11 Å². The lowest BCUT2D eigenvalue weighted by Crippen LogP contribution is -2.07. The molecule has 0 fully saturated rings. The minimum atomic E-state index is -0.125. The summed E-state index contributed by atoms with van der Waals surface area (Å²) in [4.78, 5) is 4.64. The Morgan fingerprint density at radius 1 is 1.33 bits per heavy atom. The summed E-state index contributed by atoms with van der Waals surface area (Å²) in [6.45, 7) is 6.48. The van der Waals surface area contributed by atoms with E-state index in [2.05, 4.69) is 16.5 Å². The Balaban J connectivity index is 2.22. The maximum absolute atomic E-state index is 6.27. The molecule has 0 amide bonds. The molecule has 5 heteroatoms. The Kier molecular flexibility index (Phi) is 5.88. The number of rotatable bonds is 8. The van der Waals surface area contributed by atoms with Crippen molar-refractivity contribution in [1.82, 2.24) is 9.55 Å². The number of hydrogen-bond donors (Lipinski definition) is 0. The fourth-order valence-corrected chi connectivity index (χ4v) is 2.52. The number of aryl methyl sites for hydroxylation is 1. The molecule has 116 valence electrons. The van der Waals surface area contributed by atoms with E-state index in [1.807, 2.05) is 25.1 Å². The summed E-state index contributed by atoms with van der Waals surface area (Å²) in [6, 6.07) is 5.91. The Labute approximate surface area is 131 Å². The van der Waals surface area contributed by atoms with Crippen molar-refractivity contribution in [2.45, 2.75) is 38.6 Å². The van der Waals surface area contributed by atoms with Crippen LogP contribution in [0.25, 0.3) is 11.0 Å². The van der Waals surface area contributed by atoms with Crippen molar-refractivity contribution >= 4 is 22.6 Å². The van der Waals surface area contributed by atoms with Crippen LogP contribution in [0.5, 0.6) is 5.75 Å². The van der Waals surface area contributed by atoms with E-state index in [0.29, 0.717) is 0 Å². The molecule has 1 unspecified atom stereocenters. The van der Waals surface area contributed by atoms with Crippen LogP contribution >= 0.6 is 11.6 Å². The topological polar surface area (TPSA) is 36.3 Å². The lowest BCUT2D eigenvalue weighted by atomic mass is 10.3. The van der Waals surface area contributed by atoms with E-state index in [4.69, 9.17) is 21.1 Å². The molecule has 0 aliphatic carbocycles. The van der Waals surface area contributed by atoms with Gasteiger partial charge in [-0.1, -0.05) is 6.92 Å². The van der Waals surface area contributed by atoms with Crippen molar-refractivity contribution in [3.05, 3.63) is 24.0 Å². The van der Waals surface area contributed by atoms with Crippen LogP contribution in [0.4, 0.5) is 0 Å². The largest absolute Gasteiger partial charge is 0.497 e. The molecule has 0 saturated heterocycles. The third-order valence-electron chi connectivity index (χ3n) is 3.36. The van der Waals surface area contributed by atoms with E-state index in [0.717, 1.165) is 55.2 Å². The molecule has 21 heavy (non-hydrogen) atoms. The van der Waals surface area contributed by atoms with Gasteiger partial charge in [-0.15, -0.1) is 11.6 Å². The van der Waals surface area contributed by atoms with Crippen molar-refractivity contribution in [2.75, 3.05) is 20.3 Å². The predicted octanol–water partition coefficient (Wildman–Crippen LogP) is 4.16. The van der Waals surface area contributed by atoms with E-state index in [-0.39, 0.29) is 5.38 Å². The molecule has 0 bridgehead atoms. The molecule has 1 aromatic heterocycles. The molecule has 2 rings (SSSR count). The van der Waals surface area contributed by atoms with E-state index in [1.165, 1.54) is 0 Å². The maximum atomic E-state index is 6.27. The van der Waals surface area contributed by atoms with Crippen LogP contribution < -0.4 is 4.74 Å². The number of imidazole rings is 1. The number of halogens is 1. The summed E-state index contributed by atoms with van der Waals surface area (Å²) in [7, 11) is 1.67. The van der Waals surface area contributed by atoms with E-state index >= 15 is 0 Å². The van der Waals surface area contributed by atoms with Crippen molar-refractivity contribution in [2.24, 2.45) is 0 Å². The lowest BCUT2D eigenvalue weighted by molar-refractivity contribution is 0.129. The van der Waals surface area contributed by atoms with Gasteiger partial charge in [0.25, 0.3) is 0 Å². The first-order valence-corrected chi connectivity index (χ1v) is 7.87. The normalized spacial score (nSPS) is 12.8. The zero-order chi connectivity index (χ0) is 15.2. The zero-order valence-corrected chi connectivity index (χ0v) is 13.7. The fourth-order valence-electron chi connectivity index (χ4n) is 2.36. The van der Waals surface area contributed by atoms with Crippen molar-refractivity contribution in [1.29, 1.82) is 0 Å². The van der Waals surface area contributed by atoms with Gasteiger partial charge in [-0.2, -0.15) is 0 Å². The van der Waals surface area contributed by atoms with Gasteiger partial charge in [0, 0.05) is 25.8 Å². The predicted molar refractivity (Wildman–Crippen MR) is 86.3 cm³/mol. The molecular weight excluding hydrogens is 288 g/mol. The molecule has 1 aromatic carbocycles. The monoisotopic (exact) mass is 310 g/mol. The standard InChI is InChI=1S/C16H23ClN2O2/c1-4-9-21-10-5-8-19-15-11-13(20-3)6-7-14(15)18-16(19)12(2)17/h6-7,11-12H,4-5,8-10H2,1-3H3. The minimum absolute atomic E-state index is 0.125. The number of methoxy groups -OCH3 is 1. The number of hydrogen-bond acceptors (Lipinski definition) is 3. The molecule has 2 aromatic rings. The summed E-state index contributed by atoms with van der Waals surface area (Å²) < 4.78 is 13.0. The summed E-state index contributed by atoms with van der Waals surface area (Å²) in [5.74, 6) is 1.73. The summed E-state index contributed by atoms with van der Waals surface area (Å²) in [6.07, 6.45) is 1.99. The average Bonchev–Trinajstić information content (AvgIpc) is 2.85.